The summed E-state index contributed by atoms with van der Waals surface area (Å²) in [5.41, 5.74) is 1.93. The maximum atomic E-state index is 12.8. The summed E-state index contributed by atoms with van der Waals surface area (Å²) in [5, 5.41) is 4.35. The van der Waals surface area contributed by atoms with Crippen LogP contribution in [0.1, 0.15) is 12.0 Å². The highest BCUT2D eigenvalue weighted by Crippen LogP contribution is 2.17. The summed E-state index contributed by atoms with van der Waals surface area (Å²) in [5.74, 6) is 0.300. The molecule has 0 aliphatic heterocycles. The molecular formula is C22H24ClN3O3S2. The molecule has 0 fully saturated rings. The zero-order chi connectivity index (χ0) is 22.3. The van der Waals surface area contributed by atoms with Crippen molar-refractivity contribution in [1.82, 2.24) is 15.0 Å². The molecule has 31 heavy (non-hydrogen) atoms. The van der Waals surface area contributed by atoms with Crippen molar-refractivity contribution >= 4 is 50.2 Å². The quantitative estimate of drug-likeness (QED) is 0.465. The Morgan fingerprint density at radius 3 is 2.61 bits per heavy atom. The van der Waals surface area contributed by atoms with Gasteiger partial charge in [0.05, 0.1) is 10.4 Å². The van der Waals surface area contributed by atoms with Crippen LogP contribution in [-0.4, -0.2) is 43.9 Å². The minimum absolute atomic E-state index is 0.0701. The zero-order valence-corrected chi connectivity index (χ0v) is 19.4. The first-order chi connectivity index (χ1) is 14.9. The number of carbonyl (C=O) groups is 1. The molecule has 6 nitrogen and oxygen atoms in total. The van der Waals surface area contributed by atoms with Crippen LogP contribution < -0.4 is 10.0 Å². The largest absolute Gasteiger partial charge is 0.354 e. The number of amides is 1. The fraction of sp³-hybridized carbons (Fsp3) is 0.273. The first-order valence-electron chi connectivity index (χ1n) is 9.78. The number of hydrogen-bond donors (Lipinski definition) is 2. The molecule has 0 spiro atoms. The van der Waals surface area contributed by atoms with E-state index in [1.165, 1.54) is 24.3 Å². The molecule has 0 unspecified atom stereocenters. The lowest BCUT2D eigenvalue weighted by Crippen LogP contribution is -2.47. The number of sulfonamides is 1. The second-order valence-corrected chi connectivity index (χ2v) is 10.1. The summed E-state index contributed by atoms with van der Waals surface area (Å²) < 4.78 is 28.0. The molecule has 1 atom stereocenters. The molecule has 0 bridgehead atoms. The Morgan fingerprint density at radius 1 is 1.13 bits per heavy atom. The van der Waals surface area contributed by atoms with Gasteiger partial charge in [0.1, 0.15) is 6.04 Å². The van der Waals surface area contributed by atoms with Gasteiger partial charge < -0.3 is 5.32 Å². The number of halogens is 1. The van der Waals surface area contributed by atoms with Gasteiger partial charge in [-0.05, 0) is 60.7 Å². The highest BCUT2D eigenvalue weighted by atomic mass is 35.5. The van der Waals surface area contributed by atoms with E-state index in [0.29, 0.717) is 30.2 Å². The summed E-state index contributed by atoms with van der Waals surface area (Å²) in [6, 6.07) is 14.8. The summed E-state index contributed by atoms with van der Waals surface area (Å²) in [6.07, 6.45) is 4.64. The minimum atomic E-state index is -3.85. The third kappa shape index (κ3) is 6.43. The summed E-state index contributed by atoms with van der Waals surface area (Å²) in [7, 11) is -3.85. The van der Waals surface area contributed by atoms with E-state index in [4.69, 9.17) is 11.6 Å². The van der Waals surface area contributed by atoms with Gasteiger partial charge in [-0.1, -0.05) is 35.9 Å². The lowest BCUT2D eigenvalue weighted by molar-refractivity contribution is -0.122. The zero-order valence-electron chi connectivity index (χ0n) is 17.0. The Labute approximate surface area is 191 Å². The summed E-state index contributed by atoms with van der Waals surface area (Å²) in [4.78, 5) is 17.3. The van der Waals surface area contributed by atoms with Gasteiger partial charge >= 0.3 is 0 Å². The first-order valence-corrected chi connectivity index (χ1v) is 13.0. The number of nitrogens with zero attached hydrogens (tertiary/aromatic N) is 1. The van der Waals surface area contributed by atoms with Gasteiger partial charge in [-0.25, -0.2) is 8.42 Å². The highest BCUT2D eigenvalue weighted by Gasteiger charge is 2.25. The van der Waals surface area contributed by atoms with Crippen LogP contribution in [0.4, 0.5) is 0 Å². The molecule has 0 aliphatic rings. The molecule has 0 aliphatic carbocycles. The molecule has 0 saturated heterocycles. The fourth-order valence-corrected chi connectivity index (χ4v) is 4.99. The molecule has 2 aromatic carbocycles. The van der Waals surface area contributed by atoms with Crippen molar-refractivity contribution in [1.29, 1.82) is 0 Å². The number of para-hydroxylation sites is 1. The fourth-order valence-electron chi connectivity index (χ4n) is 3.16. The normalized spacial score (nSPS) is 12.6. The minimum Gasteiger partial charge on any atom is -0.354 e. The lowest BCUT2D eigenvalue weighted by Gasteiger charge is -2.18. The standard InChI is InChI=1S/C22H24ClN3O3S2/c1-30-15-12-20(26-31(28,29)19-9-7-18(23)8-10-19)22(27)25-14-11-17-5-2-4-16-6-3-13-24-21(16)17/h2-10,13,20,26H,11-12,14-15H2,1H3,(H,25,27)/t20-/m1/s1. The van der Waals surface area contributed by atoms with E-state index in [0.717, 1.165) is 16.5 Å². The number of nitrogens with one attached hydrogen (secondary N) is 2. The van der Waals surface area contributed by atoms with E-state index in [1.807, 2.05) is 36.6 Å². The molecule has 1 heterocycles. The van der Waals surface area contributed by atoms with Gasteiger partial charge in [0.2, 0.25) is 15.9 Å². The van der Waals surface area contributed by atoms with Gasteiger partial charge in [-0.3, -0.25) is 9.78 Å². The number of fused-ring (bicyclic) bond motifs is 1. The van der Waals surface area contributed by atoms with Gasteiger partial charge in [-0.2, -0.15) is 16.5 Å². The monoisotopic (exact) mass is 477 g/mol. The molecule has 0 radical (unpaired) electrons. The maximum absolute atomic E-state index is 12.8. The molecule has 164 valence electrons. The van der Waals surface area contributed by atoms with Crippen LogP contribution in [0.2, 0.25) is 5.02 Å². The molecule has 1 amide bonds. The highest BCUT2D eigenvalue weighted by molar-refractivity contribution is 7.98. The van der Waals surface area contributed by atoms with Gasteiger partial charge in [0.15, 0.2) is 0 Å². The number of carbonyl (C=O) groups excluding carboxylic acids is 1. The van der Waals surface area contributed by atoms with Crippen molar-refractivity contribution in [3.63, 3.8) is 0 Å². The predicted octanol–water partition coefficient (Wildman–Crippen LogP) is 3.65. The van der Waals surface area contributed by atoms with Crippen molar-refractivity contribution in [3.05, 3.63) is 71.4 Å². The summed E-state index contributed by atoms with van der Waals surface area (Å²) in [6.45, 7) is 0.382. The number of rotatable bonds is 10. The number of hydrogen-bond acceptors (Lipinski definition) is 5. The summed E-state index contributed by atoms with van der Waals surface area (Å²) >= 11 is 7.40. The van der Waals surface area contributed by atoms with Crippen LogP contribution in [0, 0.1) is 0 Å². The number of aromatic nitrogens is 1. The lowest BCUT2D eigenvalue weighted by atomic mass is 10.1. The van der Waals surface area contributed by atoms with Crippen LogP contribution in [0.3, 0.4) is 0 Å². The SMILES string of the molecule is CSCC[C@@H](NS(=O)(=O)c1ccc(Cl)cc1)C(=O)NCCc1cccc2cccnc12. The van der Waals surface area contributed by atoms with E-state index in [2.05, 4.69) is 15.0 Å². The Bertz CT molecular complexity index is 1130. The topological polar surface area (TPSA) is 88.2 Å². The third-order valence-corrected chi connectivity index (χ3v) is 7.14. The Kier molecular flexibility index (Phi) is 8.31. The van der Waals surface area contributed by atoms with Crippen molar-refractivity contribution in [3.8, 4) is 0 Å². The van der Waals surface area contributed by atoms with E-state index in [1.54, 1.807) is 18.0 Å². The van der Waals surface area contributed by atoms with Crippen molar-refractivity contribution < 1.29 is 13.2 Å². The second kappa shape index (κ2) is 10.9. The molecular weight excluding hydrogens is 454 g/mol. The Hall–Kier alpha value is -2.13. The Balaban J connectivity index is 1.66. The van der Waals surface area contributed by atoms with E-state index < -0.39 is 16.1 Å². The van der Waals surface area contributed by atoms with Crippen LogP contribution in [0.25, 0.3) is 10.9 Å². The first kappa shape index (κ1) is 23.5. The van der Waals surface area contributed by atoms with Crippen LogP contribution in [-0.2, 0) is 21.2 Å². The van der Waals surface area contributed by atoms with Gasteiger partial charge in [0.25, 0.3) is 0 Å². The molecule has 2 N–H and O–H groups in total. The van der Waals surface area contributed by atoms with E-state index in [-0.39, 0.29) is 10.8 Å². The number of benzene rings is 2. The second-order valence-electron chi connectivity index (χ2n) is 6.94. The van der Waals surface area contributed by atoms with Crippen LogP contribution >= 0.6 is 23.4 Å². The van der Waals surface area contributed by atoms with Crippen molar-refractivity contribution in [2.45, 2.75) is 23.8 Å². The molecule has 1 aromatic heterocycles. The smallest absolute Gasteiger partial charge is 0.241 e. The van der Waals surface area contributed by atoms with Crippen LogP contribution in [0.15, 0.2) is 65.7 Å². The Morgan fingerprint density at radius 2 is 1.87 bits per heavy atom. The molecule has 9 heteroatoms. The average molecular weight is 478 g/mol. The van der Waals surface area contributed by atoms with Crippen LogP contribution in [0.5, 0.6) is 0 Å². The number of thioether (sulfide) groups is 1. The van der Waals surface area contributed by atoms with Crippen molar-refractivity contribution in [2.24, 2.45) is 0 Å². The maximum Gasteiger partial charge on any atom is 0.241 e. The molecule has 3 rings (SSSR count). The van der Waals surface area contributed by atoms with Gasteiger partial charge in [0, 0.05) is 23.2 Å². The van der Waals surface area contributed by atoms with E-state index >= 15 is 0 Å². The molecule has 3 aromatic rings. The van der Waals surface area contributed by atoms with Gasteiger partial charge in [-0.15, -0.1) is 0 Å². The predicted molar refractivity (Wildman–Crippen MR) is 127 cm³/mol. The van der Waals surface area contributed by atoms with E-state index in [9.17, 15) is 13.2 Å². The average Bonchev–Trinajstić information content (AvgIpc) is 2.77. The molecule has 0 saturated carbocycles. The number of pyridine rings is 1. The van der Waals surface area contributed by atoms with Crippen molar-refractivity contribution in [2.75, 3.05) is 18.6 Å². The third-order valence-electron chi connectivity index (χ3n) is 4.76.